The third-order valence-corrected chi connectivity index (χ3v) is 4.16. The number of ether oxygens (including phenoxy) is 1. The van der Waals surface area contributed by atoms with Gasteiger partial charge in [0, 0.05) is 19.4 Å². The van der Waals surface area contributed by atoms with Gasteiger partial charge in [-0.15, -0.1) is 0 Å². The molecule has 1 atom stereocenters. The highest BCUT2D eigenvalue weighted by Gasteiger charge is 2.33. The fourth-order valence-electron chi connectivity index (χ4n) is 2.80. The number of morpholine rings is 1. The minimum absolute atomic E-state index is 0.0141. The lowest BCUT2D eigenvalue weighted by atomic mass is 10.1. The Kier molecular flexibility index (Phi) is 5.08. The molecular formula is C17H19N3O5. The van der Waals surface area contributed by atoms with Crippen LogP contribution in [0.25, 0.3) is 0 Å². The summed E-state index contributed by atoms with van der Waals surface area (Å²) in [5.74, 6) is -1.56. The molecular weight excluding hydrogens is 326 g/mol. The summed E-state index contributed by atoms with van der Waals surface area (Å²) in [7, 11) is 0. The molecule has 2 aliphatic heterocycles. The molecule has 0 aromatic heterocycles. The summed E-state index contributed by atoms with van der Waals surface area (Å²) < 4.78 is 5.13. The van der Waals surface area contributed by atoms with E-state index in [0.29, 0.717) is 13.1 Å². The van der Waals surface area contributed by atoms with Crippen LogP contribution in [0.2, 0.25) is 0 Å². The molecule has 3 rings (SSSR count). The van der Waals surface area contributed by atoms with Crippen molar-refractivity contribution in [2.24, 2.45) is 5.10 Å². The Bertz CT molecular complexity index is 703. The van der Waals surface area contributed by atoms with Crippen LogP contribution in [0.3, 0.4) is 0 Å². The van der Waals surface area contributed by atoms with Gasteiger partial charge in [-0.25, -0.2) is 9.80 Å². The van der Waals surface area contributed by atoms with Gasteiger partial charge in [-0.3, -0.25) is 9.59 Å². The zero-order valence-corrected chi connectivity index (χ0v) is 13.6. The minimum atomic E-state index is -1.09. The topological polar surface area (TPSA) is 99.5 Å². The Labute approximate surface area is 144 Å². The molecule has 25 heavy (non-hydrogen) atoms. The molecule has 0 saturated carbocycles. The number of carbonyl (C=O) groups excluding carboxylic acids is 2. The van der Waals surface area contributed by atoms with E-state index in [1.807, 2.05) is 30.3 Å². The van der Waals surface area contributed by atoms with Crippen LogP contribution in [-0.2, 0) is 25.7 Å². The molecule has 0 aliphatic carbocycles. The lowest BCUT2D eigenvalue weighted by molar-refractivity contribution is -0.157. The highest BCUT2D eigenvalue weighted by molar-refractivity contribution is 6.39. The van der Waals surface area contributed by atoms with E-state index in [2.05, 4.69) is 5.10 Å². The van der Waals surface area contributed by atoms with Crippen molar-refractivity contribution >= 4 is 23.5 Å². The molecule has 8 heteroatoms. The summed E-state index contributed by atoms with van der Waals surface area (Å²) in [6, 6.07) is 9.41. The van der Waals surface area contributed by atoms with E-state index >= 15 is 0 Å². The van der Waals surface area contributed by atoms with Gasteiger partial charge in [-0.1, -0.05) is 30.3 Å². The van der Waals surface area contributed by atoms with Crippen molar-refractivity contribution in [1.82, 2.24) is 9.91 Å². The number of carboxylic acids is 1. The average Bonchev–Trinajstić information content (AvgIpc) is 2.64. The van der Waals surface area contributed by atoms with Gasteiger partial charge in [0.05, 0.1) is 19.7 Å². The predicted octanol–water partition coefficient (Wildman–Crippen LogP) is 0.477. The normalized spacial score (nSPS) is 21.0. The van der Waals surface area contributed by atoms with Crippen LogP contribution < -0.4 is 0 Å². The smallest absolute Gasteiger partial charge is 0.334 e. The van der Waals surface area contributed by atoms with Gasteiger partial charge >= 0.3 is 5.97 Å². The Hall–Kier alpha value is -2.74. The Morgan fingerprint density at radius 1 is 1.24 bits per heavy atom. The van der Waals surface area contributed by atoms with E-state index < -0.39 is 12.1 Å². The van der Waals surface area contributed by atoms with E-state index in [1.54, 1.807) is 0 Å². The van der Waals surface area contributed by atoms with Crippen LogP contribution in [0.4, 0.5) is 0 Å². The number of hydrogen-bond donors (Lipinski definition) is 1. The third kappa shape index (κ3) is 4.03. The number of amides is 2. The molecule has 2 amide bonds. The van der Waals surface area contributed by atoms with Crippen molar-refractivity contribution in [3.05, 3.63) is 35.9 Å². The molecule has 1 aromatic rings. The monoisotopic (exact) mass is 345 g/mol. The summed E-state index contributed by atoms with van der Waals surface area (Å²) in [6.45, 7) is 0.772. The quantitative estimate of drug-likeness (QED) is 0.855. The van der Waals surface area contributed by atoms with Crippen molar-refractivity contribution < 1.29 is 24.2 Å². The maximum atomic E-state index is 12.6. The summed E-state index contributed by atoms with van der Waals surface area (Å²) in [6.07, 6.45) is -0.550. The second-order valence-corrected chi connectivity index (χ2v) is 5.93. The number of benzene rings is 1. The lowest BCUT2D eigenvalue weighted by Gasteiger charge is -2.32. The van der Waals surface area contributed by atoms with Crippen LogP contribution in [0.1, 0.15) is 18.4 Å². The van der Waals surface area contributed by atoms with Gasteiger partial charge in [0.15, 0.2) is 6.10 Å². The standard InChI is InChI=1S/C17H19N3O5/c21-15-7-6-13(18-20(15)10-12-4-2-1-3-5-12)16(22)19-8-9-25-14(11-19)17(23)24/h1-5,14H,6-11H2,(H,23,24). The summed E-state index contributed by atoms with van der Waals surface area (Å²) >= 11 is 0. The molecule has 1 unspecified atom stereocenters. The van der Waals surface area contributed by atoms with Crippen molar-refractivity contribution in [2.75, 3.05) is 19.7 Å². The lowest BCUT2D eigenvalue weighted by Crippen LogP contribution is -2.51. The minimum Gasteiger partial charge on any atom is -0.479 e. The number of rotatable bonds is 4. The molecule has 1 aromatic carbocycles. The highest BCUT2D eigenvalue weighted by Crippen LogP contribution is 2.16. The van der Waals surface area contributed by atoms with Crippen LogP contribution in [-0.4, -0.2) is 64.3 Å². The maximum absolute atomic E-state index is 12.6. The molecule has 0 spiro atoms. The van der Waals surface area contributed by atoms with Gasteiger partial charge < -0.3 is 14.7 Å². The van der Waals surface area contributed by atoms with Crippen molar-refractivity contribution in [3.63, 3.8) is 0 Å². The van der Waals surface area contributed by atoms with Gasteiger partial charge in [0.25, 0.3) is 5.91 Å². The zero-order chi connectivity index (χ0) is 17.8. The molecule has 2 aliphatic rings. The maximum Gasteiger partial charge on any atom is 0.334 e. The largest absolute Gasteiger partial charge is 0.479 e. The number of carbonyl (C=O) groups is 3. The fourth-order valence-corrected chi connectivity index (χ4v) is 2.80. The van der Waals surface area contributed by atoms with Crippen molar-refractivity contribution in [3.8, 4) is 0 Å². The number of aliphatic carboxylic acids is 1. The molecule has 1 saturated heterocycles. The predicted molar refractivity (Wildman–Crippen MR) is 87.6 cm³/mol. The fraction of sp³-hybridized carbons (Fsp3) is 0.412. The highest BCUT2D eigenvalue weighted by atomic mass is 16.5. The second-order valence-electron chi connectivity index (χ2n) is 5.93. The van der Waals surface area contributed by atoms with E-state index in [1.165, 1.54) is 9.91 Å². The van der Waals surface area contributed by atoms with Gasteiger partial charge in [0.1, 0.15) is 5.71 Å². The number of hydrazone groups is 1. The number of hydrogen-bond acceptors (Lipinski definition) is 5. The van der Waals surface area contributed by atoms with Crippen molar-refractivity contribution in [1.29, 1.82) is 0 Å². The average molecular weight is 345 g/mol. The first-order valence-electron chi connectivity index (χ1n) is 8.10. The van der Waals surface area contributed by atoms with E-state index in [4.69, 9.17) is 9.84 Å². The Morgan fingerprint density at radius 2 is 2.00 bits per heavy atom. The molecule has 1 N–H and O–H groups in total. The second kappa shape index (κ2) is 7.43. The first-order chi connectivity index (χ1) is 12.0. The third-order valence-electron chi connectivity index (χ3n) is 4.16. The molecule has 1 fully saturated rings. The van der Waals surface area contributed by atoms with E-state index in [-0.39, 0.29) is 43.5 Å². The summed E-state index contributed by atoms with van der Waals surface area (Å²) in [5, 5.41) is 14.6. The summed E-state index contributed by atoms with van der Waals surface area (Å²) in [5.41, 5.74) is 1.20. The van der Waals surface area contributed by atoms with Crippen molar-refractivity contribution in [2.45, 2.75) is 25.5 Å². The van der Waals surface area contributed by atoms with E-state index in [0.717, 1.165) is 5.56 Å². The number of carboxylic acid groups (broad SMARTS) is 1. The number of nitrogens with zero attached hydrogens (tertiary/aromatic N) is 3. The molecule has 2 heterocycles. The molecule has 0 bridgehead atoms. The SMILES string of the molecule is O=C(O)C1CN(C(=O)C2=NN(Cc3ccccc3)C(=O)CC2)CCO1. The Morgan fingerprint density at radius 3 is 2.72 bits per heavy atom. The molecule has 0 radical (unpaired) electrons. The van der Waals surface area contributed by atoms with Gasteiger partial charge in [0.2, 0.25) is 5.91 Å². The van der Waals surface area contributed by atoms with Gasteiger partial charge in [-0.05, 0) is 5.56 Å². The van der Waals surface area contributed by atoms with Gasteiger partial charge in [-0.2, -0.15) is 5.10 Å². The molecule has 132 valence electrons. The molecule has 8 nitrogen and oxygen atoms in total. The van der Waals surface area contributed by atoms with Crippen LogP contribution in [0.5, 0.6) is 0 Å². The van der Waals surface area contributed by atoms with Crippen LogP contribution in [0.15, 0.2) is 35.4 Å². The summed E-state index contributed by atoms with van der Waals surface area (Å²) in [4.78, 5) is 37.2. The van der Waals surface area contributed by atoms with Crippen LogP contribution >= 0.6 is 0 Å². The zero-order valence-electron chi connectivity index (χ0n) is 13.6. The Balaban J connectivity index is 1.72. The van der Waals surface area contributed by atoms with Crippen LogP contribution in [0, 0.1) is 0 Å². The first kappa shape index (κ1) is 17.1. The first-order valence-corrected chi connectivity index (χ1v) is 8.10. The van der Waals surface area contributed by atoms with E-state index in [9.17, 15) is 14.4 Å².